The zero-order chi connectivity index (χ0) is 12.8. The molecule has 0 amide bonds. The number of rotatable bonds is 4. The molecule has 0 bridgehead atoms. The third kappa shape index (κ3) is 2.58. The summed E-state index contributed by atoms with van der Waals surface area (Å²) in [4.78, 5) is 2.45. The minimum absolute atomic E-state index is 0.188. The Morgan fingerprint density at radius 2 is 2.00 bits per heavy atom. The fourth-order valence-electron chi connectivity index (χ4n) is 2.94. The van der Waals surface area contributed by atoms with E-state index < -0.39 is 0 Å². The Morgan fingerprint density at radius 3 is 2.67 bits per heavy atom. The molecule has 1 heterocycles. The van der Waals surface area contributed by atoms with Gasteiger partial charge in [0.25, 0.3) is 0 Å². The van der Waals surface area contributed by atoms with Crippen LogP contribution in [0.25, 0.3) is 0 Å². The lowest BCUT2D eigenvalue weighted by atomic mass is 9.86. The van der Waals surface area contributed by atoms with Crippen molar-refractivity contribution in [2.45, 2.75) is 25.3 Å². The maximum Gasteiger partial charge on any atom is 0.0691 e. The van der Waals surface area contributed by atoms with Gasteiger partial charge in [0.15, 0.2) is 0 Å². The molecule has 2 N–H and O–H groups in total. The first kappa shape index (κ1) is 13.5. The first-order valence-electron chi connectivity index (χ1n) is 6.95. The van der Waals surface area contributed by atoms with Crippen LogP contribution in [0.15, 0.2) is 30.3 Å². The van der Waals surface area contributed by atoms with E-state index in [9.17, 15) is 5.11 Å². The lowest BCUT2D eigenvalue weighted by Gasteiger charge is -2.42. The number of hydrogen-bond acceptors (Lipinski definition) is 3. The van der Waals surface area contributed by atoms with Gasteiger partial charge in [0.1, 0.15) is 0 Å². The molecule has 0 aromatic heterocycles. The summed E-state index contributed by atoms with van der Waals surface area (Å²) in [6.07, 6.45) is 2.09. The van der Waals surface area contributed by atoms with E-state index in [4.69, 9.17) is 0 Å². The van der Waals surface area contributed by atoms with Crippen molar-refractivity contribution in [3.8, 4) is 0 Å². The molecule has 1 aromatic carbocycles. The van der Waals surface area contributed by atoms with Crippen LogP contribution < -0.4 is 5.32 Å². The minimum atomic E-state index is -0.215. The van der Waals surface area contributed by atoms with Crippen molar-refractivity contribution in [1.29, 1.82) is 0 Å². The zero-order valence-electron chi connectivity index (χ0n) is 11.2. The summed E-state index contributed by atoms with van der Waals surface area (Å²) in [6.45, 7) is 6.50. The highest BCUT2D eigenvalue weighted by molar-refractivity contribution is 5.25. The van der Waals surface area contributed by atoms with Crippen molar-refractivity contribution >= 4 is 0 Å². The van der Waals surface area contributed by atoms with Crippen LogP contribution in [0.5, 0.6) is 0 Å². The summed E-state index contributed by atoms with van der Waals surface area (Å²) >= 11 is 0. The van der Waals surface area contributed by atoms with E-state index in [-0.39, 0.29) is 12.1 Å². The van der Waals surface area contributed by atoms with Gasteiger partial charge < -0.3 is 10.4 Å². The molecule has 0 aliphatic carbocycles. The van der Waals surface area contributed by atoms with Crippen LogP contribution in [0.2, 0.25) is 0 Å². The predicted octanol–water partition coefficient (Wildman–Crippen LogP) is 1.58. The highest BCUT2D eigenvalue weighted by Crippen LogP contribution is 2.32. The van der Waals surface area contributed by atoms with E-state index in [1.165, 1.54) is 5.56 Å². The Morgan fingerprint density at radius 1 is 1.22 bits per heavy atom. The van der Waals surface area contributed by atoms with E-state index in [2.05, 4.69) is 41.4 Å². The van der Waals surface area contributed by atoms with Crippen LogP contribution >= 0.6 is 0 Å². The number of aliphatic hydroxyl groups is 1. The second-order valence-corrected chi connectivity index (χ2v) is 5.00. The average molecular weight is 248 g/mol. The van der Waals surface area contributed by atoms with Gasteiger partial charge in [-0.2, -0.15) is 0 Å². The van der Waals surface area contributed by atoms with E-state index in [0.29, 0.717) is 0 Å². The predicted molar refractivity (Wildman–Crippen MR) is 74.6 cm³/mol. The summed E-state index contributed by atoms with van der Waals surface area (Å²) in [6, 6.07) is 10.4. The molecule has 0 saturated carbocycles. The van der Waals surface area contributed by atoms with Crippen LogP contribution in [0, 0.1) is 0 Å². The minimum Gasteiger partial charge on any atom is -0.394 e. The first-order chi connectivity index (χ1) is 8.83. The monoisotopic (exact) mass is 248 g/mol. The van der Waals surface area contributed by atoms with Crippen molar-refractivity contribution in [2.24, 2.45) is 0 Å². The molecule has 1 atom stereocenters. The fourth-order valence-corrected chi connectivity index (χ4v) is 2.94. The number of aliphatic hydroxyl groups excluding tert-OH is 1. The molecule has 1 aliphatic heterocycles. The van der Waals surface area contributed by atoms with Gasteiger partial charge in [-0.05, 0) is 24.9 Å². The van der Waals surface area contributed by atoms with Crippen LogP contribution in [-0.2, 0) is 5.54 Å². The molecule has 2 rings (SSSR count). The van der Waals surface area contributed by atoms with Gasteiger partial charge in [-0.3, -0.25) is 4.90 Å². The smallest absolute Gasteiger partial charge is 0.0691 e. The standard InChI is InChI=1S/C15H24N2O/c1-2-15(13-18,14-7-4-3-5-8-14)17-11-6-9-16-10-12-17/h3-5,7-8,16,18H,2,6,9-13H2,1H3. The molecule has 18 heavy (non-hydrogen) atoms. The summed E-state index contributed by atoms with van der Waals surface area (Å²) in [5.41, 5.74) is 1.02. The topological polar surface area (TPSA) is 35.5 Å². The van der Waals surface area contributed by atoms with Crippen molar-refractivity contribution in [3.05, 3.63) is 35.9 Å². The Kier molecular flexibility index (Phi) is 4.75. The van der Waals surface area contributed by atoms with E-state index in [0.717, 1.165) is 39.0 Å². The van der Waals surface area contributed by atoms with Gasteiger partial charge in [0.05, 0.1) is 12.1 Å². The van der Waals surface area contributed by atoms with Crippen LogP contribution in [0.1, 0.15) is 25.3 Å². The Hall–Kier alpha value is -0.900. The molecule has 1 aliphatic rings. The van der Waals surface area contributed by atoms with Gasteiger partial charge in [-0.15, -0.1) is 0 Å². The van der Waals surface area contributed by atoms with Crippen LogP contribution in [-0.4, -0.2) is 42.8 Å². The molecule has 3 heteroatoms. The van der Waals surface area contributed by atoms with Crippen LogP contribution in [0.4, 0.5) is 0 Å². The summed E-state index contributed by atoms with van der Waals surface area (Å²) < 4.78 is 0. The molecule has 1 saturated heterocycles. The summed E-state index contributed by atoms with van der Waals surface area (Å²) in [7, 11) is 0. The van der Waals surface area contributed by atoms with Crippen LogP contribution in [0.3, 0.4) is 0 Å². The van der Waals surface area contributed by atoms with Gasteiger partial charge in [0.2, 0.25) is 0 Å². The molecule has 0 spiro atoms. The largest absolute Gasteiger partial charge is 0.394 e. The Bertz CT molecular complexity index is 341. The van der Waals surface area contributed by atoms with E-state index in [1.807, 2.05) is 6.07 Å². The van der Waals surface area contributed by atoms with Gasteiger partial charge >= 0.3 is 0 Å². The second-order valence-electron chi connectivity index (χ2n) is 5.00. The van der Waals surface area contributed by atoms with Crippen molar-refractivity contribution in [2.75, 3.05) is 32.8 Å². The summed E-state index contributed by atoms with van der Waals surface area (Å²) in [5.74, 6) is 0. The summed E-state index contributed by atoms with van der Waals surface area (Å²) in [5, 5.41) is 13.4. The molecule has 1 fully saturated rings. The van der Waals surface area contributed by atoms with E-state index >= 15 is 0 Å². The quantitative estimate of drug-likeness (QED) is 0.849. The number of nitrogens with zero attached hydrogens (tertiary/aromatic N) is 1. The molecule has 0 radical (unpaired) electrons. The number of hydrogen-bond donors (Lipinski definition) is 2. The molecular formula is C15H24N2O. The highest BCUT2D eigenvalue weighted by Gasteiger charge is 2.36. The molecule has 1 unspecified atom stereocenters. The Balaban J connectivity index is 2.30. The molecule has 1 aromatic rings. The highest BCUT2D eigenvalue weighted by atomic mass is 16.3. The third-order valence-corrected chi connectivity index (χ3v) is 4.10. The lowest BCUT2D eigenvalue weighted by Crippen LogP contribution is -2.50. The first-order valence-corrected chi connectivity index (χ1v) is 6.95. The normalized spacial score (nSPS) is 21.2. The Labute approximate surface area is 110 Å². The maximum atomic E-state index is 10.0. The molecule has 100 valence electrons. The van der Waals surface area contributed by atoms with Crippen molar-refractivity contribution < 1.29 is 5.11 Å². The lowest BCUT2D eigenvalue weighted by molar-refractivity contribution is 0.0268. The fraction of sp³-hybridized carbons (Fsp3) is 0.600. The molecule has 3 nitrogen and oxygen atoms in total. The molecular weight excluding hydrogens is 224 g/mol. The average Bonchev–Trinajstić information content (AvgIpc) is 2.72. The SMILES string of the molecule is CCC(CO)(c1ccccc1)N1CCCNCC1. The maximum absolute atomic E-state index is 10.0. The zero-order valence-corrected chi connectivity index (χ0v) is 11.2. The van der Waals surface area contributed by atoms with Crippen molar-refractivity contribution in [3.63, 3.8) is 0 Å². The van der Waals surface area contributed by atoms with Gasteiger partial charge in [-0.1, -0.05) is 37.3 Å². The van der Waals surface area contributed by atoms with E-state index in [1.54, 1.807) is 0 Å². The second kappa shape index (κ2) is 6.32. The van der Waals surface area contributed by atoms with Gasteiger partial charge in [-0.25, -0.2) is 0 Å². The number of benzene rings is 1. The van der Waals surface area contributed by atoms with Gasteiger partial charge in [0, 0.05) is 19.6 Å². The number of nitrogens with one attached hydrogen (secondary N) is 1. The third-order valence-electron chi connectivity index (χ3n) is 4.10. The van der Waals surface area contributed by atoms with Crippen molar-refractivity contribution in [1.82, 2.24) is 10.2 Å².